The molecular weight excluding hydrogens is 449 g/mol. The first kappa shape index (κ1) is 22.5. The Morgan fingerprint density at radius 2 is 1.96 bits per heavy atom. The van der Waals surface area contributed by atoms with E-state index in [1.54, 1.807) is 6.07 Å². The van der Waals surface area contributed by atoms with Crippen molar-refractivity contribution in [2.75, 3.05) is 6.61 Å². The molecule has 1 N–H and O–H groups in total. The van der Waals surface area contributed by atoms with E-state index >= 15 is 0 Å². The molecule has 152 valence electrons. The van der Waals surface area contributed by atoms with Gasteiger partial charge in [-0.2, -0.15) is 0 Å². The van der Waals surface area contributed by atoms with E-state index < -0.39 is 17.4 Å². The predicted octanol–water partition coefficient (Wildman–Crippen LogP) is 6.61. The molecule has 0 aliphatic rings. The van der Waals surface area contributed by atoms with Gasteiger partial charge >= 0.3 is 6.09 Å². The van der Waals surface area contributed by atoms with Crippen molar-refractivity contribution in [1.82, 2.24) is 4.90 Å². The number of hydrogen-bond donors (Lipinski definition) is 1. The van der Waals surface area contributed by atoms with Crippen molar-refractivity contribution in [2.45, 2.75) is 39.3 Å². The van der Waals surface area contributed by atoms with Gasteiger partial charge in [-0.1, -0.05) is 71.7 Å². The fourth-order valence-electron chi connectivity index (χ4n) is 3.28. The van der Waals surface area contributed by atoms with Gasteiger partial charge in [-0.25, -0.2) is 9.18 Å². The summed E-state index contributed by atoms with van der Waals surface area (Å²) in [5.41, 5.74) is -0.00803. The average molecular weight is 473 g/mol. The zero-order valence-electron chi connectivity index (χ0n) is 16.1. The van der Waals surface area contributed by atoms with Crippen LogP contribution < -0.4 is 4.74 Å². The van der Waals surface area contributed by atoms with Crippen LogP contribution in [0.3, 0.4) is 0 Å². The zero-order valence-corrected chi connectivity index (χ0v) is 18.4. The van der Waals surface area contributed by atoms with Crippen molar-refractivity contribution in [1.29, 1.82) is 0 Å². The van der Waals surface area contributed by atoms with Crippen molar-refractivity contribution in [2.24, 2.45) is 5.92 Å². The smallest absolute Gasteiger partial charge is 0.408 e. The van der Waals surface area contributed by atoms with Gasteiger partial charge in [0.15, 0.2) is 11.6 Å². The predicted molar refractivity (Wildman–Crippen MR) is 112 cm³/mol. The number of hydrogen-bond acceptors (Lipinski definition) is 2. The molecule has 0 heterocycles. The minimum atomic E-state index is -1.06. The highest BCUT2D eigenvalue weighted by Gasteiger charge is 2.37. The summed E-state index contributed by atoms with van der Waals surface area (Å²) in [5.74, 6) is -0.474. The number of ether oxygens (including phenoxy) is 1. The molecule has 0 radical (unpaired) electrons. The van der Waals surface area contributed by atoms with Gasteiger partial charge in [0.05, 0.1) is 10.6 Å². The molecule has 0 bridgehead atoms. The van der Waals surface area contributed by atoms with Gasteiger partial charge in [-0.3, -0.25) is 4.90 Å². The molecule has 4 nitrogen and oxygen atoms in total. The third-order valence-corrected chi connectivity index (χ3v) is 5.14. The minimum absolute atomic E-state index is 0.0252. The van der Waals surface area contributed by atoms with E-state index in [2.05, 4.69) is 15.9 Å². The van der Waals surface area contributed by atoms with Crippen LogP contribution in [-0.2, 0) is 6.54 Å². The van der Waals surface area contributed by atoms with Crippen molar-refractivity contribution in [3.8, 4) is 5.75 Å². The normalized spacial score (nSPS) is 13.2. The van der Waals surface area contributed by atoms with Crippen molar-refractivity contribution >= 4 is 33.6 Å². The van der Waals surface area contributed by atoms with Crippen molar-refractivity contribution in [3.05, 3.63) is 63.3 Å². The van der Waals surface area contributed by atoms with E-state index in [0.29, 0.717) is 10.9 Å². The summed E-state index contributed by atoms with van der Waals surface area (Å²) in [6.07, 6.45) is -0.514. The third kappa shape index (κ3) is 5.85. The number of benzene rings is 2. The second-order valence-electron chi connectivity index (χ2n) is 7.44. The monoisotopic (exact) mass is 471 g/mol. The Bertz CT molecular complexity index is 796. The molecule has 0 aromatic heterocycles. The van der Waals surface area contributed by atoms with Crippen LogP contribution in [0.4, 0.5) is 9.18 Å². The van der Waals surface area contributed by atoms with Gasteiger partial charge in [-0.15, -0.1) is 0 Å². The summed E-state index contributed by atoms with van der Waals surface area (Å²) >= 11 is 9.30. The first-order valence-electron chi connectivity index (χ1n) is 8.94. The summed E-state index contributed by atoms with van der Waals surface area (Å²) in [6.45, 7) is 6.01. The minimum Gasteiger partial charge on any atom is -0.486 e. The number of carbonyl (C=O) groups is 1. The Labute approximate surface area is 178 Å². The van der Waals surface area contributed by atoms with Crippen LogP contribution in [0.15, 0.2) is 46.9 Å². The summed E-state index contributed by atoms with van der Waals surface area (Å²) in [5, 5.41) is 10.0. The number of carboxylic acid groups (broad SMARTS) is 1. The van der Waals surface area contributed by atoms with Crippen LogP contribution in [0.2, 0.25) is 5.02 Å². The molecule has 0 spiro atoms. The molecule has 0 fully saturated rings. The van der Waals surface area contributed by atoms with E-state index in [0.717, 1.165) is 5.56 Å². The third-order valence-electron chi connectivity index (χ3n) is 4.40. The highest BCUT2D eigenvalue weighted by atomic mass is 79.9. The standard InChI is InChI=1S/C21H24BrClFNO3/c1-14(2)11-21(3,13-28-19-17(23)9-16(22)10-18(19)24)25(20(26)27)12-15-7-5-4-6-8-15/h4-10,14H,11-13H2,1-3H3,(H,26,27). The summed E-state index contributed by atoms with van der Waals surface area (Å²) in [4.78, 5) is 13.4. The van der Waals surface area contributed by atoms with E-state index in [4.69, 9.17) is 16.3 Å². The van der Waals surface area contributed by atoms with E-state index in [-0.39, 0.29) is 29.8 Å². The molecule has 2 aromatic rings. The van der Waals surface area contributed by atoms with Gasteiger partial charge in [0.25, 0.3) is 0 Å². The average Bonchev–Trinajstić information content (AvgIpc) is 2.58. The fraction of sp³-hybridized carbons (Fsp3) is 0.381. The highest BCUT2D eigenvalue weighted by molar-refractivity contribution is 9.10. The Morgan fingerprint density at radius 3 is 2.50 bits per heavy atom. The summed E-state index contributed by atoms with van der Waals surface area (Å²) in [7, 11) is 0. The van der Waals surface area contributed by atoms with Gasteiger partial charge in [-0.05, 0) is 37.0 Å². The molecule has 0 aliphatic carbocycles. The fourth-order valence-corrected chi connectivity index (χ4v) is 4.10. The number of rotatable bonds is 8. The van der Waals surface area contributed by atoms with Gasteiger partial charge in [0, 0.05) is 11.0 Å². The number of halogens is 3. The Morgan fingerprint density at radius 1 is 1.32 bits per heavy atom. The first-order valence-corrected chi connectivity index (χ1v) is 10.1. The van der Waals surface area contributed by atoms with Gasteiger partial charge in [0.1, 0.15) is 6.61 Å². The quantitative estimate of drug-likeness (QED) is 0.470. The summed E-state index contributed by atoms with van der Waals surface area (Å²) < 4.78 is 20.5. The molecule has 2 rings (SSSR count). The van der Waals surface area contributed by atoms with Crippen molar-refractivity contribution < 1.29 is 19.0 Å². The number of amides is 1. The molecule has 28 heavy (non-hydrogen) atoms. The molecule has 0 saturated carbocycles. The molecule has 1 unspecified atom stereocenters. The van der Waals surface area contributed by atoms with Gasteiger partial charge in [0.2, 0.25) is 0 Å². The van der Waals surface area contributed by atoms with Crippen LogP contribution in [-0.4, -0.2) is 28.2 Å². The Kier molecular flexibility index (Phi) is 7.72. The van der Waals surface area contributed by atoms with E-state index in [1.807, 2.05) is 51.1 Å². The molecule has 0 saturated heterocycles. The second-order valence-corrected chi connectivity index (χ2v) is 8.76. The van der Waals surface area contributed by atoms with E-state index in [9.17, 15) is 14.3 Å². The zero-order chi connectivity index (χ0) is 20.9. The van der Waals surface area contributed by atoms with Crippen molar-refractivity contribution in [3.63, 3.8) is 0 Å². The molecule has 0 aliphatic heterocycles. The van der Waals surface area contributed by atoms with Crippen LogP contribution in [0.25, 0.3) is 0 Å². The molecule has 1 amide bonds. The lowest BCUT2D eigenvalue weighted by Crippen LogP contribution is -2.53. The lowest BCUT2D eigenvalue weighted by Gasteiger charge is -2.40. The summed E-state index contributed by atoms with van der Waals surface area (Å²) in [6, 6.07) is 12.2. The maximum atomic E-state index is 14.3. The second kappa shape index (κ2) is 9.61. The van der Waals surface area contributed by atoms with Gasteiger partial charge < -0.3 is 9.84 Å². The molecule has 2 aromatic carbocycles. The maximum Gasteiger partial charge on any atom is 0.408 e. The lowest BCUT2D eigenvalue weighted by atomic mass is 9.89. The maximum absolute atomic E-state index is 14.3. The first-order chi connectivity index (χ1) is 13.1. The Balaban J connectivity index is 2.31. The highest BCUT2D eigenvalue weighted by Crippen LogP contribution is 2.34. The lowest BCUT2D eigenvalue weighted by molar-refractivity contribution is 0.0328. The van der Waals surface area contributed by atoms with E-state index in [1.165, 1.54) is 11.0 Å². The SMILES string of the molecule is CC(C)CC(C)(COc1c(F)cc(Br)cc1Cl)N(Cc1ccccc1)C(=O)O. The molecule has 7 heteroatoms. The Hall–Kier alpha value is -1.79. The van der Waals surface area contributed by atoms with Crippen LogP contribution in [0.1, 0.15) is 32.8 Å². The van der Waals surface area contributed by atoms with Crippen LogP contribution in [0.5, 0.6) is 5.75 Å². The van der Waals surface area contributed by atoms with Crippen LogP contribution in [0, 0.1) is 11.7 Å². The molecule has 1 atom stereocenters. The topological polar surface area (TPSA) is 49.8 Å². The van der Waals surface area contributed by atoms with Crippen LogP contribution >= 0.6 is 27.5 Å². The molecular formula is C21H24BrClFNO3. The number of nitrogens with zero attached hydrogens (tertiary/aromatic N) is 1. The largest absolute Gasteiger partial charge is 0.486 e.